The van der Waals surface area contributed by atoms with E-state index in [0.29, 0.717) is 29.5 Å². The van der Waals surface area contributed by atoms with E-state index in [-0.39, 0.29) is 5.91 Å². The first-order chi connectivity index (χ1) is 11.7. The zero-order chi connectivity index (χ0) is 16.8. The minimum atomic E-state index is -0.291. The van der Waals surface area contributed by atoms with Crippen LogP contribution in [0.5, 0.6) is 5.75 Å². The number of rotatable bonds is 6. The predicted molar refractivity (Wildman–Crippen MR) is 89.0 cm³/mol. The molecule has 0 fully saturated rings. The minimum Gasteiger partial charge on any atom is -0.497 e. The van der Waals surface area contributed by atoms with E-state index in [0.717, 1.165) is 5.76 Å². The number of furan rings is 1. The van der Waals surface area contributed by atoms with Crippen molar-refractivity contribution in [1.82, 2.24) is 9.97 Å². The van der Waals surface area contributed by atoms with Gasteiger partial charge in [0.15, 0.2) is 0 Å². The summed E-state index contributed by atoms with van der Waals surface area (Å²) in [6, 6.07) is 10.8. The van der Waals surface area contributed by atoms with Crippen molar-refractivity contribution in [2.75, 3.05) is 17.7 Å². The van der Waals surface area contributed by atoms with Gasteiger partial charge >= 0.3 is 0 Å². The largest absolute Gasteiger partial charge is 0.497 e. The zero-order valence-electron chi connectivity index (χ0n) is 13.0. The second-order valence-corrected chi connectivity index (χ2v) is 4.91. The van der Waals surface area contributed by atoms with E-state index < -0.39 is 0 Å². The van der Waals surface area contributed by atoms with Gasteiger partial charge in [0.25, 0.3) is 5.91 Å². The lowest BCUT2D eigenvalue weighted by Gasteiger charge is -2.07. The molecule has 0 radical (unpaired) electrons. The highest BCUT2D eigenvalue weighted by atomic mass is 16.5. The van der Waals surface area contributed by atoms with E-state index >= 15 is 0 Å². The molecule has 0 aliphatic heterocycles. The molecule has 0 bridgehead atoms. The van der Waals surface area contributed by atoms with Crippen LogP contribution in [-0.2, 0) is 6.54 Å². The number of aromatic nitrogens is 2. The van der Waals surface area contributed by atoms with Gasteiger partial charge in [0, 0.05) is 24.1 Å². The van der Waals surface area contributed by atoms with Crippen LogP contribution in [0.4, 0.5) is 11.6 Å². The molecular formula is C17H16N4O3. The quantitative estimate of drug-likeness (QED) is 0.724. The number of hydrogen-bond acceptors (Lipinski definition) is 6. The molecule has 122 valence electrons. The highest BCUT2D eigenvalue weighted by molar-refractivity contribution is 6.03. The average molecular weight is 324 g/mol. The van der Waals surface area contributed by atoms with Crippen LogP contribution in [0.3, 0.4) is 0 Å². The summed E-state index contributed by atoms with van der Waals surface area (Å²) < 4.78 is 10.3. The molecule has 0 atom stereocenters. The number of amides is 1. The third-order valence-electron chi connectivity index (χ3n) is 3.24. The van der Waals surface area contributed by atoms with E-state index in [9.17, 15) is 4.79 Å². The first-order valence-corrected chi connectivity index (χ1v) is 7.28. The second-order valence-electron chi connectivity index (χ2n) is 4.91. The fourth-order valence-corrected chi connectivity index (χ4v) is 2.02. The summed E-state index contributed by atoms with van der Waals surface area (Å²) in [6.07, 6.45) is 4.53. The Hall–Kier alpha value is -3.35. The number of ether oxygens (including phenoxy) is 1. The van der Waals surface area contributed by atoms with Gasteiger partial charge in [-0.15, -0.1) is 0 Å². The third-order valence-corrected chi connectivity index (χ3v) is 3.24. The fraction of sp³-hybridized carbons (Fsp3) is 0.118. The Bertz CT molecular complexity index is 801. The molecule has 24 heavy (non-hydrogen) atoms. The first-order valence-electron chi connectivity index (χ1n) is 7.28. The van der Waals surface area contributed by atoms with Crippen LogP contribution in [0, 0.1) is 0 Å². The van der Waals surface area contributed by atoms with Gasteiger partial charge in [0.2, 0.25) is 5.95 Å². The Morgan fingerprint density at radius 2 is 2.04 bits per heavy atom. The van der Waals surface area contributed by atoms with Crippen molar-refractivity contribution in [2.24, 2.45) is 0 Å². The van der Waals surface area contributed by atoms with E-state index in [2.05, 4.69) is 20.6 Å². The summed E-state index contributed by atoms with van der Waals surface area (Å²) in [5, 5.41) is 5.79. The molecule has 0 saturated heterocycles. The Morgan fingerprint density at radius 1 is 1.21 bits per heavy atom. The predicted octanol–water partition coefficient (Wildman–Crippen LogP) is 2.94. The molecule has 3 aromatic rings. The molecule has 2 N–H and O–H groups in total. The Morgan fingerprint density at radius 3 is 2.75 bits per heavy atom. The van der Waals surface area contributed by atoms with E-state index in [1.54, 1.807) is 37.6 Å². The molecule has 0 aliphatic rings. The van der Waals surface area contributed by atoms with E-state index in [4.69, 9.17) is 9.15 Å². The molecule has 1 aromatic carbocycles. The summed E-state index contributed by atoms with van der Waals surface area (Å²) >= 11 is 0. The van der Waals surface area contributed by atoms with E-state index in [1.165, 1.54) is 12.4 Å². The molecule has 7 heteroatoms. The molecule has 0 aliphatic carbocycles. The van der Waals surface area contributed by atoms with Crippen molar-refractivity contribution >= 4 is 17.5 Å². The van der Waals surface area contributed by atoms with Gasteiger partial charge in [-0.2, -0.15) is 0 Å². The molecular weight excluding hydrogens is 308 g/mol. The topological polar surface area (TPSA) is 89.3 Å². The van der Waals surface area contributed by atoms with Crippen LogP contribution >= 0.6 is 0 Å². The maximum Gasteiger partial charge on any atom is 0.258 e. The fourth-order valence-electron chi connectivity index (χ4n) is 2.02. The van der Waals surface area contributed by atoms with Crippen molar-refractivity contribution < 1.29 is 13.9 Å². The molecule has 3 rings (SSSR count). The second kappa shape index (κ2) is 7.28. The molecule has 0 spiro atoms. The third kappa shape index (κ3) is 3.89. The molecule has 0 unspecified atom stereocenters. The number of carbonyl (C=O) groups excluding carboxylic acids is 1. The first kappa shape index (κ1) is 15.5. The van der Waals surface area contributed by atoms with Crippen LogP contribution in [0.1, 0.15) is 16.1 Å². The monoisotopic (exact) mass is 324 g/mol. The van der Waals surface area contributed by atoms with Crippen LogP contribution < -0.4 is 15.4 Å². The Kier molecular flexibility index (Phi) is 4.71. The number of anilines is 2. The van der Waals surface area contributed by atoms with Gasteiger partial charge in [-0.25, -0.2) is 9.97 Å². The normalized spacial score (nSPS) is 10.2. The summed E-state index contributed by atoms with van der Waals surface area (Å²) in [5.74, 6) is 1.57. The standard InChI is InChI=1S/C17H16N4O3/c1-23-14-5-2-4-13(8-14)21-16(22)12-9-18-17(19-10-12)20-11-15-6-3-7-24-15/h2-10H,11H2,1H3,(H,21,22)(H,18,19,20). The maximum absolute atomic E-state index is 12.2. The summed E-state index contributed by atoms with van der Waals surface area (Å²) in [4.78, 5) is 20.5. The van der Waals surface area contributed by atoms with Gasteiger partial charge in [-0.05, 0) is 24.3 Å². The maximum atomic E-state index is 12.2. The average Bonchev–Trinajstić information content (AvgIpc) is 3.14. The molecule has 2 aromatic heterocycles. The van der Waals surface area contributed by atoms with Crippen LogP contribution in [0.15, 0.2) is 59.5 Å². The van der Waals surface area contributed by atoms with Crippen molar-refractivity contribution in [3.8, 4) is 5.75 Å². The number of benzene rings is 1. The summed E-state index contributed by atoms with van der Waals surface area (Å²) in [6.45, 7) is 0.475. The Balaban J connectivity index is 1.60. The van der Waals surface area contributed by atoms with Crippen molar-refractivity contribution in [2.45, 2.75) is 6.54 Å². The highest BCUT2D eigenvalue weighted by Crippen LogP contribution is 2.17. The van der Waals surface area contributed by atoms with Crippen molar-refractivity contribution in [3.63, 3.8) is 0 Å². The number of hydrogen-bond donors (Lipinski definition) is 2. The Labute approximate surface area is 138 Å². The lowest BCUT2D eigenvalue weighted by Crippen LogP contribution is -2.13. The van der Waals surface area contributed by atoms with Crippen molar-refractivity contribution in [3.05, 3.63) is 66.4 Å². The number of carbonyl (C=O) groups is 1. The smallest absolute Gasteiger partial charge is 0.258 e. The molecule has 1 amide bonds. The van der Waals surface area contributed by atoms with Crippen LogP contribution in [0.25, 0.3) is 0 Å². The molecule has 7 nitrogen and oxygen atoms in total. The van der Waals surface area contributed by atoms with Gasteiger partial charge < -0.3 is 19.8 Å². The summed E-state index contributed by atoms with van der Waals surface area (Å²) in [7, 11) is 1.57. The van der Waals surface area contributed by atoms with Gasteiger partial charge in [-0.1, -0.05) is 6.07 Å². The lowest BCUT2D eigenvalue weighted by molar-refractivity contribution is 0.102. The van der Waals surface area contributed by atoms with Gasteiger partial charge in [0.05, 0.1) is 25.5 Å². The van der Waals surface area contributed by atoms with Gasteiger partial charge in [-0.3, -0.25) is 4.79 Å². The van der Waals surface area contributed by atoms with Crippen LogP contribution in [0.2, 0.25) is 0 Å². The van der Waals surface area contributed by atoms with Gasteiger partial charge in [0.1, 0.15) is 11.5 Å². The van der Waals surface area contributed by atoms with E-state index in [1.807, 2.05) is 12.1 Å². The molecule has 2 heterocycles. The number of nitrogens with one attached hydrogen (secondary N) is 2. The highest BCUT2D eigenvalue weighted by Gasteiger charge is 2.08. The number of methoxy groups -OCH3 is 1. The number of nitrogens with zero attached hydrogens (tertiary/aromatic N) is 2. The zero-order valence-corrected chi connectivity index (χ0v) is 13.0. The molecule has 0 saturated carbocycles. The van der Waals surface area contributed by atoms with Crippen LogP contribution in [-0.4, -0.2) is 23.0 Å². The van der Waals surface area contributed by atoms with Crippen molar-refractivity contribution in [1.29, 1.82) is 0 Å². The lowest BCUT2D eigenvalue weighted by atomic mass is 10.2. The SMILES string of the molecule is COc1cccc(NC(=O)c2cnc(NCc3ccco3)nc2)c1. The summed E-state index contributed by atoms with van der Waals surface area (Å²) in [5.41, 5.74) is 1.00. The minimum absolute atomic E-state index is 0.291.